The van der Waals surface area contributed by atoms with Crippen LogP contribution in [0.3, 0.4) is 0 Å². The van der Waals surface area contributed by atoms with Crippen LogP contribution >= 0.6 is 27.7 Å². The van der Waals surface area contributed by atoms with Gasteiger partial charge in [-0.15, -0.1) is 11.8 Å². The molecule has 1 aromatic rings. The van der Waals surface area contributed by atoms with Gasteiger partial charge in [0.25, 0.3) is 0 Å². The zero-order chi connectivity index (χ0) is 12.3. The van der Waals surface area contributed by atoms with Crippen molar-refractivity contribution in [2.24, 2.45) is 0 Å². The Kier molecular flexibility index (Phi) is 4.48. The molecule has 1 aliphatic rings. The van der Waals surface area contributed by atoms with E-state index in [-0.39, 0.29) is 11.9 Å². The lowest BCUT2D eigenvalue weighted by molar-refractivity contribution is -0.131. The number of carbonyl (C=O) groups is 1. The standard InChI is InChI=1S/C12H15BrN2OS/c1-15(12(16)11-7-17-8-14-11)6-9-3-2-4-10(13)5-9/h2-5,11,14H,6-8H2,1H3. The van der Waals surface area contributed by atoms with E-state index in [1.807, 2.05) is 31.3 Å². The third-order valence-electron chi connectivity index (χ3n) is 2.70. The highest BCUT2D eigenvalue weighted by molar-refractivity contribution is 9.10. The minimum Gasteiger partial charge on any atom is -0.340 e. The fourth-order valence-corrected chi connectivity index (χ4v) is 3.19. The number of hydrogen-bond acceptors (Lipinski definition) is 3. The molecule has 0 radical (unpaired) electrons. The summed E-state index contributed by atoms with van der Waals surface area (Å²) in [4.78, 5) is 13.9. The molecule has 2 rings (SSSR count). The van der Waals surface area contributed by atoms with Crippen molar-refractivity contribution in [1.29, 1.82) is 0 Å². The van der Waals surface area contributed by atoms with Crippen molar-refractivity contribution >= 4 is 33.6 Å². The first-order valence-electron chi connectivity index (χ1n) is 5.47. The molecule has 0 aliphatic carbocycles. The van der Waals surface area contributed by atoms with Crippen LogP contribution in [0.4, 0.5) is 0 Å². The summed E-state index contributed by atoms with van der Waals surface area (Å²) >= 11 is 5.21. The molecule has 1 unspecified atom stereocenters. The maximum Gasteiger partial charge on any atom is 0.240 e. The monoisotopic (exact) mass is 314 g/mol. The quantitative estimate of drug-likeness (QED) is 0.927. The summed E-state index contributed by atoms with van der Waals surface area (Å²) in [7, 11) is 1.86. The van der Waals surface area contributed by atoms with Gasteiger partial charge >= 0.3 is 0 Å². The van der Waals surface area contributed by atoms with Crippen molar-refractivity contribution in [3.05, 3.63) is 34.3 Å². The third-order valence-corrected chi connectivity index (χ3v) is 4.13. The number of benzene rings is 1. The van der Waals surface area contributed by atoms with E-state index in [9.17, 15) is 4.79 Å². The fraction of sp³-hybridized carbons (Fsp3) is 0.417. The van der Waals surface area contributed by atoms with Crippen LogP contribution in [-0.4, -0.2) is 35.5 Å². The van der Waals surface area contributed by atoms with Crippen molar-refractivity contribution in [3.63, 3.8) is 0 Å². The highest BCUT2D eigenvalue weighted by Gasteiger charge is 2.25. The third kappa shape index (κ3) is 3.47. The van der Waals surface area contributed by atoms with Crippen molar-refractivity contribution in [1.82, 2.24) is 10.2 Å². The van der Waals surface area contributed by atoms with Crippen LogP contribution in [0.1, 0.15) is 5.56 Å². The van der Waals surface area contributed by atoms with Crippen LogP contribution in [0.15, 0.2) is 28.7 Å². The van der Waals surface area contributed by atoms with Crippen molar-refractivity contribution in [3.8, 4) is 0 Å². The van der Waals surface area contributed by atoms with Gasteiger partial charge in [-0.2, -0.15) is 0 Å². The zero-order valence-electron chi connectivity index (χ0n) is 9.65. The van der Waals surface area contributed by atoms with E-state index < -0.39 is 0 Å². The van der Waals surface area contributed by atoms with E-state index in [1.165, 1.54) is 0 Å². The number of carbonyl (C=O) groups excluding carboxylic acids is 1. The Morgan fingerprint density at radius 1 is 1.65 bits per heavy atom. The summed E-state index contributed by atoms with van der Waals surface area (Å²) in [5.41, 5.74) is 1.14. The SMILES string of the molecule is CN(Cc1cccc(Br)c1)C(=O)C1CSCN1. The molecule has 92 valence electrons. The number of halogens is 1. The van der Waals surface area contributed by atoms with E-state index in [4.69, 9.17) is 0 Å². The average Bonchev–Trinajstić information content (AvgIpc) is 2.81. The van der Waals surface area contributed by atoms with E-state index in [1.54, 1.807) is 16.7 Å². The Hall–Kier alpha value is -0.520. The van der Waals surface area contributed by atoms with Crippen LogP contribution in [0, 0.1) is 0 Å². The number of nitrogens with one attached hydrogen (secondary N) is 1. The van der Waals surface area contributed by atoms with E-state index in [2.05, 4.69) is 21.2 Å². The lowest BCUT2D eigenvalue weighted by Gasteiger charge is -2.21. The van der Waals surface area contributed by atoms with Gasteiger partial charge in [0.1, 0.15) is 0 Å². The number of rotatable bonds is 3. The molecule has 1 fully saturated rings. The molecule has 0 aromatic heterocycles. The summed E-state index contributed by atoms with van der Waals surface area (Å²) < 4.78 is 1.05. The topological polar surface area (TPSA) is 32.3 Å². The second-order valence-corrected chi connectivity index (χ2v) is 6.04. The smallest absolute Gasteiger partial charge is 0.240 e. The van der Waals surface area contributed by atoms with Crippen LogP contribution in [0.25, 0.3) is 0 Å². The molecule has 0 spiro atoms. The van der Waals surface area contributed by atoms with Crippen LogP contribution in [0.2, 0.25) is 0 Å². The second kappa shape index (κ2) is 5.89. The van der Waals surface area contributed by atoms with Gasteiger partial charge in [0.15, 0.2) is 0 Å². The van der Waals surface area contributed by atoms with Crippen LogP contribution in [0.5, 0.6) is 0 Å². The summed E-state index contributed by atoms with van der Waals surface area (Å²) in [5, 5.41) is 3.20. The highest BCUT2D eigenvalue weighted by atomic mass is 79.9. The van der Waals surface area contributed by atoms with Crippen LogP contribution < -0.4 is 5.32 Å². The molecule has 1 aromatic carbocycles. The molecule has 3 nitrogen and oxygen atoms in total. The minimum atomic E-state index is -0.0165. The Balaban J connectivity index is 1.96. The molecule has 17 heavy (non-hydrogen) atoms. The first-order chi connectivity index (χ1) is 8.16. The van der Waals surface area contributed by atoms with E-state index >= 15 is 0 Å². The Labute approximate surface area is 114 Å². The minimum absolute atomic E-state index is 0.0165. The van der Waals surface area contributed by atoms with Gasteiger partial charge in [0, 0.05) is 29.7 Å². The Morgan fingerprint density at radius 3 is 3.12 bits per heavy atom. The van der Waals surface area contributed by atoms with E-state index in [0.29, 0.717) is 6.54 Å². The van der Waals surface area contributed by atoms with Gasteiger partial charge < -0.3 is 4.90 Å². The molecule has 1 N–H and O–H groups in total. The number of likely N-dealkylation sites (N-methyl/N-ethyl adjacent to an activating group) is 1. The van der Waals surface area contributed by atoms with Crippen molar-refractivity contribution < 1.29 is 4.79 Å². The maximum atomic E-state index is 12.1. The second-order valence-electron chi connectivity index (χ2n) is 4.10. The largest absolute Gasteiger partial charge is 0.340 e. The lowest BCUT2D eigenvalue weighted by Crippen LogP contribution is -2.42. The maximum absolute atomic E-state index is 12.1. The number of amides is 1. The molecular weight excluding hydrogens is 300 g/mol. The summed E-state index contributed by atoms with van der Waals surface area (Å²) in [6, 6.07) is 8.03. The van der Waals surface area contributed by atoms with Gasteiger partial charge in [0.2, 0.25) is 5.91 Å². The van der Waals surface area contributed by atoms with Gasteiger partial charge in [0.05, 0.1) is 6.04 Å². The van der Waals surface area contributed by atoms with E-state index in [0.717, 1.165) is 21.7 Å². The Bertz CT molecular complexity index is 407. The number of hydrogen-bond donors (Lipinski definition) is 1. The first kappa shape index (κ1) is 12.9. The Morgan fingerprint density at radius 2 is 2.47 bits per heavy atom. The molecule has 1 amide bonds. The molecule has 5 heteroatoms. The summed E-state index contributed by atoms with van der Waals surface area (Å²) in [5.74, 6) is 1.93. The zero-order valence-corrected chi connectivity index (χ0v) is 12.1. The molecular formula is C12H15BrN2OS. The van der Waals surface area contributed by atoms with Crippen LogP contribution in [-0.2, 0) is 11.3 Å². The average molecular weight is 315 g/mol. The number of nitrogens with zero attached hydrogens (tertiary/aromatic N) is 1. The predicted octanol–water partition coefficient (Wildman–Crippen LogP) is 2.07. The molecule has 1 heterocycles. The molecule has 1 saturated heterocycles. The fourth-order valence-electron chi connectivity index (χ4n) is 1.81. The van der Waals surface area contributed by atoms with Gasteiger partial charge in [-0.05, 0) is 17.7 Å². The predicted molar refractivity (Wildman–Crippen MR) is 74.9 cm³/mol. The summed E-state index contributed by atoms with van der Waals surface area (Å²) in [6.07, 6.45) is 0. The van der Waals surface area contributed by atoms with Crippen molar-refractivity contribution in [2.45, 2.75) is 12.6 Å². The van der Waals surface area contributed by atoms with Gasteiger partial charge in [-0.1, -0.05) is 28.1 Å². The molecule has 0 saturated carbocycles. The molecule has 1 atom stereocenters. The summed E-state index contributed by atoms with van der Waals surface area (Å²) in [6.45, 7) is 0.654. The lowest BCUT2D eigenvalue weighted by atomic mass is 10.2. The molecule has 0 bridgehead atoms. The normalized spacial score (nSPS) is 19.3. The van der Waals surface area contributed by atoms with Crippen molar-refractivity contribution in [2.75, 3.05) is 18.7 Å². The first-order valence-corrected chi connectivity index (χ1v) is 7.42. The van der Waals surface area contributed by atoms with Gasteiger partial charge in [-0.25, -0.2) is 0 Å². The number of thioether (sulfide) groups is 1. The molecule has 1 aliphatic heterocycles. The highest BCUT2D eigenvalue weighted by Crippen LogP contribution is 2.15. The van der Waals surface area contributed by atoms with Gasteiger partial charge in [-0.3, -0.25) is 10.1 Å².